The molecule has 2 aromatic rings. The Morgan fingerprint density at radius 2 is 0.971 bits per heavy atom. The summed E-state index contributed by atoms with van der Waals surface area (Å²) in [4.78, 5) is 0. The summed E-state index contributed by atoms with van der Waals surface area (Å²) in [6, 6.07) is 10.4. The number of rotatable bonds is 8. The Kier molecular flexibility index (Phi) is 12.2. The summed E-state index contributed by atoms with van der Waals surface area (Å²) in [6.45, 7) is 2.70. The van der Waals surface area contributed by atoms with E-state index < -0.39 is 23.5 Å². The molecule has 2 N–H and O–H groups in total. The highest BCUT2D eigenvalue weighted by Crippen LogP contribution is 2.31. The van der Waals surface area contributed by atoms with E-state index in [0.717, 1.165) is 74.2 Å². The summed E-state index contributed by atoms with van der Waals surface area (Å²) in [7, 11) is 0. The van der Waals surface area contributed by atoms with E-state index in [1.807, 2.05) is 0 Å². The third kappa shape index (κ3) is 9.64. The molecule has 0 bridgehead atoms. The molecule has 0 aromatic heterocycles. The first kappa shape index (κ1) is 30.6. The first-order chi connectivity index (χ1) is 15.1. The second-order valence-corrected chi connectivity index (χ2v) is 8.55. The van der Waals surface area contributed by atoms with Crippen molar-refractivity contribution in [1.82, 2.24) is 10.6 Å². The van der Waals surface area contributed by atoms with E-state index in [-0.39, 0.29) is 24.8 Å². The molecular weight excluding hydrogens is 501 g/mol. The SMILES string of the molecule is Cl.Cl.FC(F)(F)c1ccc(CNCC2CCCC(CNCc3ccc(C(F)(F)F)cc3)C2)cc1. The van der Waals surface area contributed by atoms with Gasteiger partial charge < -0.3 is 10.6 Å². The van der Waals surface area contributed by atoms with Gasteiger partial charge in [0.15, 0.2) is 0 Å². The lowest BCUT2D eigenvalue weighted by Gasteiger charge is -2.29. The molecule has 192 valence electrons. The minimum Gasteiger partial charge on any atom is -0.312 e. The van der Waals surface area contributed by atoms with Gasteiger partial charge in [-0.15, -0.1) is 24.8 Å². The molecule has 1 fully saturated rings. The summed E-state index contributed by atoms with van der Waals surface area (Å²) in [6.07, 6.45) is -4.21. The zero-order valence-corrected chi connectivity index (χ0v) is 20.1. The lowest BCUT2D eigenvalue weighted by atomic mass is 9.81. The molecule has 1 saturated carbocycles. The molecule has 0 saturated heterocycles. The van der Waals surface area contributed by atoms with Gasteiger partial charge in [-0.3, -0.25) is 0 Å². The van der Waals surface area contributed by atoms with Crippen LogP contribution in [-0.4, -0.2) is 13.1 Å². The standard InChI is InChI=1S/C24H28F6N2.2ClH/c25-23(26,27)21-8-4-17(5-9-21)13-31-15-19-2-1-3-20(12-19)16-32-14-18-6-10-22(11-7-18)24(28,29)30;;/h4-11,19-20,31-32H,1-3,12-16H2;2*1H. The third-order valence-electron chi connectivity index (χ3n) is 5.98. The number of hydrogen-bond acceptors (Lipinski definition) is 2. The maximum absolute atomic E-state index is 12.6. The van der Waals surface area contributed by atoms with Gasteiger partial charge in [-0.25, -0.2) is 0 Å². The average Bonchev–Trinajstić information content (AvgIpc) is 2.74. The van der Waals surface area contributed by atoms with Gasteiger partial charge in [-0.05, 0) is 79.6 Å². The lowest BCUT2D eigenvalue weighted by Crippen LogP contribution is -2.31. The molecule has 2 atom stereocenters. The van der Waals surface area contributed by atoms with Crippen LogP contribution >= 0.6 is 24.8 Å². The first-order valence-corrected chi connectivity index (χ1v) is 10.8. The number of nitrogens with one attached hydrogen (secondary N) is 2. The molecule has 10 heteroatoms. The van der Waals surface area contributed by atoms with Crippen molar-refractivity contribution >= 4 is 24.8 Å². The minimum absolute atomic E-state index is 0. The Morgan fingerprint density at radius 1 is 0.618 bits per heavy atom. The van der Waals surface area contributed by atoms with Crippen LogP contribution in [0.1, 0.15) is 47.9 Å². The minimum atomic E-state index is -4.32. The second-order valence-electron chi connectivity index (χ2n) is 8.55. The third-order valence-corrected chi connectivity index (χ3v) is 5.98. The van der Waals surface area contributed by atoms with Crippen LogP contribution in [0.4, 0.5) is 26.3 Å². The highest BCUT2D eigenvalue weighted by Gasteiger charge is 2.30. The van der Waals surface area contributed by atoms with E-state index in [4.69, 9.17) is 0 Å². The molecule has 1 aliphatic rings. The van der Waals surface area contributed by atoms with Crippen molar-refractivity contribution in [3.05, 3.63) is 70.8 Å². The summed E-state index contributed by atoms with van der Waals surface area (Å²) in [5, 5.41) is 6.71. The highest BCUT2D eigenvalue weighted by molar-refractivity contribution is 5.85. The predicted octanol–water partition coefficient (Wildman–Crippen LogP) is 7.25. The van der Waals surface area contributed by atoms with Crippen LogP contribution in [0.2, 0.25) is 0 Å². The quantitative estimate of drug-likeness (QED) is 0.351. The maximum Gasteiger partial charge on any atom is 0.416 e. The Hall–Kier alpha value is -1.48. The largest absolute Gasteiger partial charge is 0.416 e. The van der Waals surface area contributed by atoms with E-state index in [1.54, 1.807) is 0 Å². The average molecular weight is 531 g/mol. The van der Waals surface area contributed by atoms with Gasteiger partial charge in [0.2, 0.25) is 0 Å². The number of hydrogen-bond donors (Lipinski definition) is 2. The van der Waals surface area contributed by atoms with E-state index in [1.165, 1.54) is 24.3 Å². The molecule has 2 aromatic carbocycles. The van der Waals surface area contributed by atoms with Crippen molar-refractivity contribution in [3.63, 3.8) is 0 Å². The Labute approximate surface area is 208 Å². The fourth-order valence-corrected chi connectivity index (χ4v) is 4.24. The molecule has 2 nitrogen and oxygen atoms in total. The van der Waals surface area contributed by atoms with Crippen LogP contribution in [-0.2, 0) is 25.4 Å². The van der Waals surface area contributed by atoms with Crippen molar-refractivity contribution in [2.75, 3.05) is 13.1 Å². The van der Waals surface area contributed by atoms with Crippen molar-refractivity contribution < 1.29 is 26.3 Å². The normalized spacial score (nSPS) is 18.6. The molecule has 0 spiro atoms. The zero-order chi connectivity index (χ0) is 23.2. The van der Waals surface area contributed by atoms with Crippen LogP contribution < -0.4 is 10.6 Å². The van der Waals surface area contributed by atoms with Crippen molar-refractivity contribution in [2.24, 2.45) is 11.8 Å². The summed E-state index contributed by atoms with van der Waals surface area (Å²) >= 11 is 0. The molecular formula is C24H30Cl2F6N2. The topological polar surface area (TPSA) is 24.1 Å². The van der Waals surface area contributed by atoms with Gasteiger partial charge in [0.25, 0.3) is 0 Å². The lowest BCUT2D eigenvalue weighted by molar-refractivity contribution is -0.138. The van der Waals surface area contributed by atoms with E-state index >= 15 is 0 Å². The Morgan fingerprint density at radius 3 is 1.29 bits per heavy atom. The fraction of sp³-hybridized carbons (Fsp3) is 0.500. The van der Waals surface area contributed by atoms with Crippen LogP contribution in [0.15, 0.2) is 48.5 Å². The van der Waals surface area contributed by atoms with Gasteiger partial charge in [0, 0.05) is 13.1 Å². The van der Waals surface area contributed by atoms with Crippen molar-refractivity contribution in [1.29, 1.82) is 0 Å². The van der Waals surface area contributed by atoms with Gasteiger partial charge in [-0.1, -0.05) is 30.7 Å². The summed E-state index contributed by atoms with van der Waals surface area (Å²) in [5.41, 5.74) is 0.368. The van der Waals surface area contributed by atoms with Crippen molar-refractivity contribution in [2.45, 2.75) is 51.1 Å². The van der Waals surface area contributed by atoms with Crippen molar-refractivity contribution in [3.8, 4) is 0 Å². The van der Waals surface area contributed by atoms with Crippen LogP contribution in [0.5, 0.6) is 0 Å². The van der Waals surface area contributed by atoms with Crippen LogP contribution in [0.25, 0.3) is 0 Å². The molecule has 0 heterocycles. The molecule has 0 radical (unpaired) electrons. The van der Waals surface area contributed by atoms with Gasteiger partial charge in [0.05, 0.1) is 11.1 Å². The zero-order valence-electron chi connectivity index (χ0n) is 18.5. The molecule has 2 unspecified atom stereocenters. The van der Waals surface area contributed by atoms with E-state index in [2.05, 4.69) is 10.6 Å². The monoisotopic (exact) mass is 530 g/mol. The molecule has 34 heavy (non-hydrogen) atoms. The molecule has 0 amide bonds. The maximum atomic E-state index is 12.6. The van der Waals surface area contributed by atoms with Crippen LogP contribution in [0.3, 0.4) is 0 Å². The Balaban J connectivity index is 0.00000289. The van der Waals surface area contributed by atoms with E-state index in [0.29, 0.717) is 24.9 Å². The summed E-state index contributed by atoms with van der Waals surface area (Å²) in [5.74, 6) is 1.02. The Bertz CT molecular complexity index is 769. The smallest absolute Gasteiger partial charge is 0.312 e. The van der Waals surface area contributed by atoms with E-state index in [9.17, 15) is 26.3 Å². The highest BCUT2D eigenvalue weighted by atomic mass is 35.5. The second kappa shape index (κ2) is 13.6. The predicted molar refractivity (Wildman–Crippen MR) is 126 cm³/mol. The van der Waals surface area contributed by atoms with Gasteiger partial charge in [0.1, 0.15) is 0 Å². The van der Waals surface area contributed by atoms with Gasteiger partial charge in [-0.2, -0.15) is 26.3 Å². The van der Waals surface area contributed by atoms with Crippen LogP contribution in [0, 0.1) is 11.8 Å². The first-order valence-electron chi connectivity index (χ1n) is 10.8. The summed E-state index contributed by atoms with van der Waals surface area (Å²) < 4.78 is 75.8. The number of halogens is 8. The number of benzene rings is 2. The molecule has 0 aliphatic heterocycles. The molecule has 1 aliphatic carbocycles. The van der Waals surface area contributed by atoms with Gasteiger partial charge >= 0.3 is 12.4 Å². The number of alkyl halides is 6. The fourth-order valence-electron chi connectivity index (χ4n) is 4.24. The molecule has 3 rings (SSSR count).